The quantitative estimate of drug-likeness (QED) is 0.216. The lowest BCUT2D eigenvalue weighted by molar-refractivity contribution is -0.0594. The molecule has 0 bridgehead atoms. The molecule has 40 heavy (non-hydrogen) atoms. The first-order chi connectivity index (χ1) is 19.2. The van der Waals surface area contributed by atoms with Gasteiger partial charge >= 0.3 is 5.97 Å². The number of hydrogen-bond donors (Lipinski definition) is 0. The van der Waals surface area contributed by atoms with E-state index in [9.17, 15) is 4.79 Å². The van der Waals surface area contributed by atoms with Gasteiger partial charge in [-0.2, -0.15) is 0 Å². The zero-order chi connectivity index (χ0) is 28.5. The molecule has 0 N–H and O–H groups in total. The van der Waals surface area contributed by atoms with Crippen molar-refractivity contribution in [2.75, 3.05) is 6.61 Å². The highest BCUT2D eigenvalue weighted by Crippen LogP contribution is 2.67. The highest BCUT2D eigenvalue weighted by molar-refractivity contribution is 5.89. The molecule has 4 aliphatic rings. The minimum Gasteiger partial charge on any atom is -0.490 e. The van der Waals surface area contributed by atoms with Crippen LogP contribution >= 0.6 is 0 Å². The van der Waals surface area contributed by atoms with Gasteiger partial charge in [0.1, 0.15) is 18.5 Å². The molecule has 0 amide bonds. The van der Waals surface area contributed by atoms with Gasteiger partial charge < -0.3 is 9.47 Å². The van der Waals surface area contributed by atoms with Crippen LogP contribution in [0, 0.1) is 46.3 Å². The molecule has 220 valence electrons. The predicted molar refractivity (Wildman–Crippen MR) is 164 cm³/mol. The molecule has 4 aliphatic carbocycles. The van der Waals surface area contributed by atoms with E-state index in [1.165, 1.54) is 51.4 Å². The van der Waals surface area contributed by atoms with Gasteiger partial charge in [0.05, 0.1) is 5.56 Å². The van der Waals surface area contributed by atoms with Crippen molar-refractivity contribution in [2.45, 2.75) is 111 Å². The molecule has 0 aromatic heterocycles. The van der Waals surface area contributed by atoms with Crippen molar-refractivity contribution >= 4 is 5.97 Å². The van der Waals surface area contributed by atoms with Gasteiger partial charge in [-0.1, -0.05) is 78.2 Å². The van der Waals surface area contributed by atoms with Crippen LogP contribution in [0.15, 0.2) is 48.6 Å². The Morgan fingerprint density at radius 3 is 2.52 bits per heavy atom. The summed E-state index contributed by atoms with van der Waals surface area (Å²) in [5.74, 6) is 5.62. The lowest BCUT2D eigenvalue weighted by Crippen LogP contribution is -2.51. The van der Waals surface area contributed by atoms with E-state index in [-0.39, 0.29) is 17.5 Å². The first-order valence-electron chi connectivity index (χ1n) is 16.4. The Labute approximate surface area is 244 Å². The SMILES string of the molecule is C=CCOc1ccc(C(=O)OC2CCC3(C)C(=CCC4C3CCC3(C)C(C(C)CCCC(C)C)CCC43)C2)cc1. The van der Waals surface area contributed by atoms with Crippen LogP contribution < -0.4 is 4.74 Å². The maximum absolute atomic E-state index is 13.0. The second-order valence-corrected chi connectivity index (χ2v) is 14.7. The Hall–Kier alpha value is -2.03. The third kappa shape index (κ3) is 5.68. The fourth-order valence-electron chi connectivity index (χ4n) is 9.81. The zero-order valence-corrected chi connectivity index (χ0v) is 25.9. The molecule has 8 atom stereocenters. The molecule has 0 aliphatic heterocycles. The Kier molecular flexibility index (Phi) is 8.89. The minimum atomic E-state index is -0.217. The van der Waals surface area contributed by atoms with E-state index >= 15 is 0 Å². The van der Waals surface area contributed by atoms with Crippen LogP contribution in [0.1, 0.15) is 116 Å². The van der Waals surface area contributed by atoms with Crippen LogP contribution in [-0.2, 0) is 4.74 Å². The molecule has 1 aromatic carbocycles. The van der Waals surface area contributed by atoms with Gasteiger partial charge in [-0.3, -0.25) is 0 Å². The Bertz CT molecular complexity index is 1070. The van der Waals surface area contributed by atoms with Gasteiger partial charge in [0.15, 0.2) is 0 Å². The molecule has 8 unspecified atom stereocenters. The van der Waals surface area contributed by atoms with Crippen molar-refractivity contribution in [1.82, 2.24) is 0 Å². The first kappa shape index (κ1) is 29.5. The third-order valence-electron chi connectivity index (χ3n) is 12.0. The largest absolute Gasteiger partial charge is 0.490 e. The number of fused-ring (bicyclic) bond motifs is 5. The highest BCUT2D eigenvalue weighted by Gasteiger charge is 2.59. The zero-order valence-electron chi connectivity index (χ0n) is 25.9. The minimum absolute atomic E-state index is 0.0172. The maximum atomic E-state index is 13.0. The van der Waals surface area contributed by atoms with Crippen LogP contribution in [0.4, 0.5) is 0 Å². The van der Waals surface area contributed by atoms with E-state index in [0.717, 1.165) is 60.5 Å². The van der Waals surface area contributed by atoms with Crippen molar-refractivity contribution in [3.8, 4) is 5.75 Å². The summed E-state index contributed by atoms with van der Waals surface area (Å²) in [6, 6.07) is 7.27. The molecule has 3 nitrogen and oxygen atoms in total. The standard InChI is InChI=1S/C37H54O3/c1-7-23-39-29-14-11-27(12-15-29)35(38)40-30-19-21-36(5)28(24-30)13-16-31-33-18-17-32(26(4)10-8-9-25(2)3)37(33,6)22-20-34(31)36/h7,11-15,25-26,30-34H,1,8-10,16-24H2,2-6H3. The second kappa shape index (κ2) is 12.1. The molecule has 0 heterocycles. The van der Waals surface area contributed by atoms with E-state index < -0.39 is 0 Å². The summed E-state index contributed by atoms with van der Waals surface area (Å²) in [6.45, 7) is 16.7. The molecule has 3 heteroatoms. The van der Waals surface area contributed by atoms with E-state index in [1.807, 2.05) is 12.1 Å². The number of benzene rings is 1. The van der Waals surface area contributed by atoms with E-state index in [4.69, 9.17) is 9.47 Å². The normalized spacial score (nSPS) is 35.6. The van der Waals surface area contributed by atoms with E-state index in [1.54, 1.807) is 23.8 Å². The first-order valence-corrected chi connectivity index (χ1v) is 16.4. The van der Waals surface area contributed by atoms with Gasteiger partial charge in [0.2, 0.25) is 0 Å². The van der Waals surface area contributed by atoms with Gasteiger partial charge in [-0.25, -0.2) is 4.79 Å². The summed E-state index contributed by atoms with van der Waals surface area (Å²) < 4.78 is 11.6. The van der Waals surface area contributed by atoms with E-state index in [2.05, 4.69) is 47.3 Å². The summed E-state index contributed by atoms with van der Waals surface area (Å²) in [7, 11) is 0. The van der Waals surface area contributed by atoms with Crippen LogP contribution in [0.2, 0.25) is 0 Å². The molecule has 3 saturated carbocycles. The molecule has 0 radical (unpaired) electrons. The topological polar surface area (TPSA) is 35.5 Å². The van der Waals surface area contributed by atoms with Crippen molar-refractivity contribution in [2.24, 2.45) is 46.3 Å². The van der Waals surface area contributed by atoms with Gasteiger partial charge in [0.25, 0.3) is 0 Å². The number of rotatable bonds is 10. The third-order valence-corrected chi connectivity index (χ3v) is 12.0. The van der Waals surface area contributed by atoms with Crippen LogP contribution in [0.5, 0.6) is 5.75 Å². The smallest absolute Gasteiger partial charge is 0.338 e. The number of allylic oxidation sites excluding steroid dienone is 1. The predicted octanol–water partition coefficient (Wildman–Crippen LogP) is 9.82. The van der Waals surface area contributed by atoms with Crippen molar-refractivity contribution in [3.63, 3.8) is 0 Å². The number of carbonyl (C=O) groups excluding carboxylic acids is 1. The summed E-state index contributed by atoms with van der Waals surface area (Å²) >= 11 is 0. The molecule has 5 rings (SSSR count). The molecule has 1 aromatic rings. The Morgan fingerprint density at radius 1 is 1.02 bits per heavy atom. The van der Waals surface area contributed by atoms with Crippen LogP contribution in [0.25, 0.3) is 0 Å². The highest BCUT2D eigenvalue weighted by atomic mass is 16.5. The lowest BCUT2D eigenvalue weighted by Gasteiger charge is -2.58. The van der Waals surface area contributed by atoms with Crippen LogP contribution in [0.3, 0.4) is 0 Å². The average molecular weight is 547 g/mol. The Balaban J connectivity index is 1.21. The monoisotopic (exact) mass is 546 g/mol. The lowest BCUT2D eigenvalue weighted by atomic mass is 9.47. The summed E-state index contributed by atoms with van der Waals surface area (Å²) in [4.78, 5) is 13.0. The Morgan fingerprint density at radius 2 is 1.80 bits per heavy atom. The summed E-state index contributed by atoms with van der Waals surface area (Å²) in [6.07, 6.45) is 18.4. The van der Waals surface area contributed by atoms with E-state index in [0.29, 0.717) is 17.6 Å². The molecule has 0 spiro atoms. The van der Waals surface area contributed by atoms with Crippen molar-refractivity contribution < 1.29 is 14.3 Å². The second-order valence-electron chi connectivity index (χ2n) is 14.7. The fourth-order valence-corrected chi connectivity index (χ4v) is 9.81. The number of esters is 1. The van der Waals surface area contributed by atoms with Crippen LogP contribution in [-0.4, -0.2) is 18.7 Å². The number of ether oxygens (including phenoxy) is 2. The van der Waals surface area contributed by atoms with Crippen molar-refractivity contribution in [3.05, 3.63) is 54.1 Å². The summed E-state index contributed by atoms with van der Waals surface area (Å²) in [5, 5.41) is 0. The summed E-state index contributed by atoms with van der Waals surface area (Å²) in [5.41, 5.74) is 2.97. The average Bonchev–Trinajstić information content (AvgIpc) is 3.29. The number of carbonyl (C=O) groups is 1. The molecular weight excluding hydrogens is 492 g/mol. The maximum Gasteiger partial charge on any atom is 0.338 e. The molecule has 0 saturated heterocycles. The molecule has 3 fully saturated rings. The molecular formula is C37H54O3. The van der Waals surface area contributed by atoms with Gasteiger partial charge in [0, 0.05) is 6.42 Å². The van der Waals surface area contributed by atoms with Gasteiger partial charge in [-0.15, -0.1) is 0 Å². The van der Waals surface area contributed by atoms with Crippen molar-refractivity contribution in [1.29, 1.82) is 0 Å². The van der Waals surface area contributed by atoms with Gasteiger partial charge in [-0.05, 0) is 116 Å². The fraction of sp³-hybridized carbons (Fsp3) is 0.703. The number of hydrogen-bond acceptors (Lipinski definition) is 3.